The number of rotatable bonds is 6. The highest BCUT2D eigenvalue weighted by Crippen LogP contribution is 2.20. The van der Waals surface area contributed by atoms with E-state index >= 15 is 0 Å². The van der Waals surface area contributed by atoms with Crippen LogP contribution in [-0.2, 0) is 11.3 Å². The monoisotopic (exact) mass is 226 g/mol. The molecular weight excluding hydrogens is 207 g/mol. The summed E-state index contributed by atoms with van der Waals surface area (Å²) < 4.78 is 18.5. The van der Waals surface area contributed by atoms with E-state index in [4.69, 9.17) is 4.74 Å². The van der Waals surface area contributed by atoms with Crippen LogP contribution in [0.1, 0.15) is 5.56 Å². The lowest BCUT2D eigenvalue weighted by molar-refractivity contribution is 0.199. The summed E-state index contributed by atoms with van der Waals surface area (Å²) in [7, 11) is 5.47. The Kier molecular flexibility index (Phi) is 5.22. The summed E-state index contributed by atoms with van der Waals surface area (Å²) >= 11 is 0. The van der Waals surface area contributed by atoms with Gasteiger partial charge in [-0.3, -0.25) is 0 Å². The van der Waals surface area contributed by atoms with Gasteiger partial charge in [0, 0.05) is 45.5 Å². The normalized spacial score (nSPS) is 10.5. The minimum Gasteiger partial charge on any atom is -0.383 e. The van der Waals surface area contributed by atoms with Crippen LogP contribution in [0.2, 0.25) is 0 Å². The van der Waals surface area contributed by atoms with Crippen molar-refractivity contribution in [3.8, 4) is 0 Å². The minimum atomic E-state index is -0.170. The van der Waals surface area contributed by atoms with Crippen LogP contribution in [0, 0.1) is 5.82 Å². The van der Waals surface area contributed by atoms with Crippen LogP contribution in [0.5, 0.6) is 0 Å². The second kappa shape index (κ2) is 6.45. The number of nitrogens with one attached hydrogen (secondary N) is 1. The van der Waals surface area contributed by atoms with Gasteiger partial charge in [-0.1, -0.05) is 6.07 Å². The van der Waals surface area contributed by atoms with E-state index in [9.17, 15) is 4.39 Å². The molecule has 0 atom stereocenters. The number of ether oxygens (including phenoxy) is 1. The van der Waals surface area contributed by atoms with E-state index in [1.807, 2.05) is 25.1 Å². The highest BCUT2D eigenvalue weighted by atomic mass is 19.1. The molecule has 1 aromatic rings. The third kappa shape index (κ3) is 3.47. The number of methoxy groups -OCH3 is 1. The quantitative estimate of drug-likeness (QED) is 0.746. The molecule has 0 aromatic heterocycles. The molecule has 1 N–H and O–H groups in total. The molecule has 0 saturated carbocycles. The fourth-order valence-electron chi connectivity index (χ4n) is 1.53. The molecule has 0 radical (unpaired) electrons. The molecule has 0 unspecified atom stereocenters. The van der Waals surface area contributed by atoms with Crippen molar-refractivity contribution in [2.45, 2.75) is 6.54 Å². The summed E-state index contributed by atoms with van der Waals surface area (Å²) in [5, 5.41) is 3.15. The molecule has 0 amide bonds. The molecule has 0 fully saturated rings. The first-order valence-corrected chi connectivity index (χ1v) is 5.31. The summed E-state index contributed by atoms with van der Waals surface area (Å²) in [4.78, 5) is 1.91. The van der Waals surface area contributed by atoms with Gasteiger partial charge in [-0.15, -0.1) is 0 Å². The zero-order valence-electron chi connectivity index (χ0n) is 10.1. The Balaban J connectivity index is 2.69. The molecule has 0 aliphatic heterocycles. The Morgan fingerprint density at radius 2 is 2.12 bits per heavy atom. The van der Waals surface area contributed by atoms with Gasteiger partial charge in [0.25, 0.3) is 0 Å². The van der Waals surface area contributed by atoms with Gasteiger partial charge in [0.1, 0.15) is 5.82 Å². The van der Waals surface area contributed by atoms with Crippen LogP contribution in [0.25, 0.3) is 0 Å². The first kappa shape index (κ1) is 12.9. The first-order chi connectivity index (χ1) is 7.66. The number of anilines is 1. The second-order valence-electron chi connectivity index (χ2n) is 3.80. The minimum absolute atomic E-state index is 0.170. The number of benzene rings is 1. The average molecular weight is 226 g/mol. The number of hydrogen-bond donors (Lipinski definition) is 1. The van der Waals surface area contributed by atoms with Crippen LogP contribution in [-0.4, -0.2) is 34.4 Å². The third-order valence-corrected chi connectivity index (χ3v) is 2.36. The van der Waals surface area contributed by atoms with E-state index < -0.39 is 0 Å². The number of halogens is 1. The fourth-order valence-corrected chi connectivity index (χ4v) is 1.53. The lowest BCUT2D eigenvalue weighted by atomic mass is 10.1. The van der Waals surface area contributed by atoms with E-state index in [1.165, 1.54) is 6.07 Å². The van der Waals surface area contributed by atoms with E-state index in [1.54, 1.807) is 13.2 Å². The third-order valence-electron chi connectivity index (χ3n) is 2.36. The van der Waals surface area contributed by atoms with Gasteiger partial charge in [0.05, 0.1) is 6.61 Å². The Morgan fingerprint density at radius 1 is 1.38 bits per heavy atom. The molecule has 0 aliphatic rings. The maximum absolute atomic E-state index is 13.6. The molecule has 16 heavy (non-hydrogen) atoms. The van der Waals surface area contributed by atoms with Crippen LogP contribution in [0.15, 0.2) is 18.2 Å². The Hall–Kier alpha value is -1.13. The molecule has 0 aliphatic carbocycles. The van der Waals surface area contributed by atoms with Crippen molar-refractivity contribution >= 4 is 5.69 Å². The highest BCUT2D eigenvalue weighted by Gasteiger charge is 2.08. The Bertz CT molecular complexity index is 329. The molecule has 0 spiro atoms. The first-order valence-electron chi connectivity index (χ1n) is 5.31. The largest absolute Gasteiger partial charge is 0.383 e. The molecule has 0 saturated heterocycles. The van der Waals surface area contributed by atoms with Crippen molar-refractivity contribution in [1.29, 1.82) is 0 Å². The molecule has 1 rings (SSSR count). The lowest BCUT2D eigenvalue weighted by Crippen LogP contribution is -2.21. The van der Waals surface area contributed by atoms with Gasteiger partial charge in [0.15, 0.2) is 0 Å². The van der Waals surface area contributed by atoms with E-state index in [0.29, 0.717) is 18.7 Å². The van der Waals surface area contributed by atoms with Crippen LogP contribution < -0.4 is 10.2 Å². The van der Waals surface area contributed by atoms with Gasteiger partial charge in [-0.2, -0.15) is 0 Å². The number of hydrogen-bond acceptors (Lipinski definition) is 3. The van der Waals surface area contributed by atoms with Gasteiger partial charge in [0.2, 0.25) is 0 Å². The Morgan fingerprint density at radius 3 is 2.75 bits per heavy atom. The summed E-state index contributed by atoms with van der Waals surface area (Å²) in [6.07, 6.45) is 0. The van der Waals surface area contributed by atoms with Crippen molar-refractivity contribution < 1.29 is 9.13 Å². The topological polar surface area (TPSA) is 24.5 Å². The molecular formula is C12H19FN2O. The van der Waals surface area contributed by atoms with E-state index in [2.05, 4.69) is 5.32 Å². The summed E-state index contributed by atoms with van der Waals surface area (Å²) in [5.74, 6) is -0.170. The van der Waals surface area contributed by atoms with Crippen molar-refractivity contribution in [1.82, 2.24) is 5.32 Å². The van der Waals surface area contributed by atoms with Crippen molar-refractivity contribution in [3.05, 3.63) is 29.6 Å². The average Bonchev–Trinajstić information content (AvgIpc) is 2.25. The number of nitrogens with zero attached hydrogens (tertiary/aromatic N) is 1. The van der Waals surface area contributed by atoms with Crippen molar-refractivity contribution in [3.63, 3.8) is 0 Å². The lowest BCUT2D eigenvalue weighted by Gasteiger charge is -2.18. The van der Waals surface area contributed by atoms with Crippen molar-refractivity contribution in [2.75, 3.05) is 39.3 Å². The standard InChI is InChI=1S/C12H19FN2O/c1-15(2)12-6-4-5-11(13)10(12)9-14-7-8-16-3/h4-6,14H,7-9H2,1-3H3. The molecule has 1 aromatic carbocycles. The van der Waals surface area contributed by atoms with E-state index in [0.717, 1.165) is 12.2 Å². The molecule has 0 bridgehead atoms. The zero-order valence-corrected chi connectivity index (χ0v) is 10.1. The predicted octanol–water partition coefficient (Wildman–Crippen LogP) is 1.63. The van der Waals surface area contributed by atoms with Gasteiger partial charge < -0.3 is 15.0 Å². The Labute approximate surface area is 96.2 Å². The maximum atomic E-state index is 13.6. The van der Waals surface area contributed by atoms with Crippen LogP contribution >= 0.6 is 0 Å². The fraction of sp³-hybridized carbons (Fsp3) is 0.500. The molecule has 3 nitrogen and oxygen atoms in total. The van der Waals surface area contributed by atoms with Gasteiger partial charge in [-0.25, -0.2) is 4.39 Å². The van der Waals surface area contributed by atoms with Gasteiger partial charge >= 0.3 is 0 Å². The summed E-state index contributed by atoms with van der Waals surface area (Å²) in [5.41, 5.74) is 1.61. The smallest absolute Gasteiger partial charge is 0.129 e. The van der Waals surface area contributed by atoms with Gasteiger partial charge in [-0.05, 0) is 12.1 Å². The maximum Gasteiger partial charge on any atom is 0.129 e. The van der Waals surface area contributed by atoms with Crippen molar-refractivity contribution in [2.24, 2.45) is 0 Å². The SMILES string of the molecule is COCCNCc1c(F)cccc1N(C)C. The zero-order chi connectivity index (χ0) is 12.0. The second-order valence-corrected chi connectivity index (χ2v) is 3.80. The summed E-state index contributed by atoms with van der Waals surface area (Å²) in [6, 6.07) is 5.13. The molecule has 90 valence electrons. The molecule has 0 heterocycles. The summed E-state index contributed by atoms with van der Waals surface area (Å²) in [6.45, 7) is 1.87. The predicted molar refractivity (Wildman–Crippen MR) is 64.3 cm³/mol. The molecule has 4 heteroatoms. The van der Waals surface area contributed by atoms with Crippen LogP contribution in [0.4, 0.5) is 10.1 Å². The highest BCUT2D eigenvalue weighted by molar-refractivity contribution is 5.53. The van der Waals surface area contributed by atoms with Crippen LogP contribution in [0.3, 0.4) is 0 Å². The van der Waals surface area contributed by atoms with E-state index in [-0.39, 0.29) is 5.82 Å².